The molecule has 18 heavy (non-hydrogen) atoms. The fourth-order valence-electron chi connectivity index (χ4n) is 1.65. The number of rotatable bonds is 3. The summed E-state index contributed by atoms with van der Waals surface area (Å²) >= 11 is 0. The maximum atomic E-state index is 12.4. The molecular weight excluding hydrogens is 249 g/mol. The number of amides is 1. The number of hydrogen-bond acceptors (Lipinski definition) is 4. The molecule has 98 valence electrons. The monoisotopic (exact) mass is 260 g/mol. The maximum absolute atomic E-state index is 12.4. The molecule has 0 aromatic carbocycles. The molecule has 1 aromatic heterocycles. The van der Waals surface area contributed by atoms with Gasteiger partial charge in [0.2, 0.25) is 11.9 Å². The van der Waals surface area contributed by atoms with Crippen LogP contribution >= 0.6 is 0 Å². The molecule has 1 aliphatic rings. The van der Waals surface area contributed by atoms with Crippen LogP contribution in [0.5, 0.6) is 0 Å². The van der Waals surface area contributed by atoms with Crippen LogP contribution in [0.1, 0.15) is 18.5 Å². The molecule has 2 rings (SSSR count). The Morgan fingerprint density at radius 3 is 2.89 bits per heavy atom. The second-order valence-electron chi connectivity index (χ2n) is 3.95. The minimum Gasteiger partial charge on any atom is -0.352 e. The van der Waals surface area contributed by atoms with Gasteiger partial charge in [0.15, 0.2) is 0 Å². The fourth-order valence-corrected chi connectivity index (χ4v) is 1.65. The SMILES string of the molecule is O=C1CCC(CNc2nccc(C(F)(F)F)n2)N1. The fraction of sp³-hybridized carbons (Fsp3) is 0.500. The lowest BCUT2D eigenvalue weighted by Gasteiger charge is -2.12. The van der Waals surface area contributed by atoms with Crippen molar-refractivity contribution in [2.45, 2.75) is 25.1 Å². The first-order chi connectivity index (χ1) is 8.45. The molecule has 1 atom stereocenters. The summed E-state index contributed by atoms with van der Waals surface area (Å²) in [5.74, 6) is -0.141. The van der Waals surface area contributed by atoms with Crippen LogP contribution in [-0.2, 0) is 11.0 Å². The molecule has 0 radical (unpaired) electrons. The number of nitrogens with one attached hydrogen (secondary N) is 2. The molecule has 1 saturated heterocycles. The van der Waals surface area contributed by atoms with Crippen LogP contribution < -0.4 is 10.6 Å². The van der Waals surface area contributed by atoms with Gasteiger partial charge in [-0.3, -0.25) is 4.79 Å². The van der Waals surface area contributed by atoms with Crippen LogP contribution in [0, 0.1) is 0 Å². The first-order valence-corrected chi connectivity index (χ1v) is 5.38. The van der Waals surface area contributed by atoms with E-state index in [1.165, 1.54) is 0 Å². The highest BCUT2D eigenvalue weighted by molar-refractivity contribution is 5.78. The Hall–Kier alpha value is -1.86. The van der Waals surface area contributed by atoms with E-state index in [2.05, 4.69) is 20.6 Å². The summed E-state index contributed by atoms with van der Waals surface area (Å²) in [5, 5.41) is 5.37. The van der Waals surface area contributed by atoms with Gasteiger partial charge in [0.1, 0.15) is 5.69 Å². The zero-order valence-electron chi connectivity index (χ0n) is 9.29. The number of halogens is 3. The van der Waals surface area contributed by atoms with Crippen molar-refractivity contribution < 1.29 is 18.0 Å². The number of hydrogen-bond donors (Lipinski definition) is 2. The summed E-state index contributed by atoms with van der Waals surface area (Å²) in [6.07, 6.45) is -2.34. The molecule has 5 nitrogen and oxygen atoms in total. The first-order valence-electron chi connectivity index (χ1n) is 5.38. The third-order valence-electron chi connectivity index (χ3n) is 2.54. The van der Waals surface area contributed by atoms with Gasteiger partial charge in [0.25, 0.3) is 0 Å². The van der Waals surface area contributed by atoms with E-state index in [1.54, 1.807) is 0 Å². The molecule has 2 heterocycles. The van der Waals surface area contributed by atoms with E-state index in [-0.39, 0.29) is 17.9 Å². The second-order valence-corrected chi connectivity index (χ2v) is 3.95. The van der Waals surface area contributed by atoms with Crippen LogP contribution in [-0.4, -0.2) is 28.5 Å². The van der Waals surface area contributed by atoms with Crippen LogP contribution in [0.15, 0.2) is 12.3 Å². The van der Waals surface area contributed by atoms with Crippen molar-refractivity contribution >= 4 is 11.9 Å². The second kappa shape index (κ2) is 4.79. The molecule has 1 amide bonds. The van der Waals surface area contributed by atoms with Gasteiger partial charge in [-0.2, -0.15) is 13.2 Å². The summed E-state index contributed by atoms with van der Waals surface area (Å²) in [4.78, 5) is 18.0. The Balaban J connectivity index is 1.95. The Bertz CT molecular complexity index is 449. The van der Waals surface area contributed by atoms with E-state index < -0.39 is 11.9 Å². The minimum absolute atomic E-state index is 0.0493. The number of carbonyl (C=O) groups is 1. The highest BCUT2D eigenvalue weighted by Gasteiger charge is 2.32. The van der Waals surface area contributed by atoms with Crippen LogP contribution in [0.25, 0.3) is 0 Å². The summed E-state index contributed by atoms with van der Waals surface area (Å²) in [6, 6.07) is 0.721. The van der Waals surface area contributed by atoms with Crippen LogP contribution in [0.3, 0.4) is 0 Å². The van der Waals surface area contributed by atoms with Crippen molar-refractivity contribution in [3.8, 4) is 0 Å². The third kappa shape index (κ3) is 3.08. The van der Waals surface area contributed by atoms with Gasteiger partial charge in [-0.1, -0.05) is 0 Å². The Morgan fingerprint density at radius 1 is 1.50 bits per heavy atom. The summed E-state index contributed by atoms with van der Waals surface area (Å²) in [5.41, 5.74) is -0.990. The quantitative estimate of drug-likeness (QED) is 0.856. The molecule has 8 heteroatoms. The number of alkyl halides is 3. The van der Waals surface area contributed by atoms with E-state index in [1.807, 2.05) is 0 Å². The van der Waals surface area contributed by atoms with E-state index in [4.69, 9.17) is 0 Å². The Kier molecular flexibility index (Phi) is 3.35. The summed E-state index contributed by atoms with van der Waals surface area (Å²) < 4.78 is 37.2. The van der Waals surface area contributed by atoms with Gasteiger partial charge in [0, 0.05) is 25.2 Å². The van der Waals surface area contributed by atoms with Gasteiger partial charge in [-0.25, -0.2) is 9.97 Å². The lowest BCUT2D eigenvalue weighted by atomic mass is 10.2. The van der Waals surface area contributed by atoms with Crippen LogP contribution in [0.4, 0.5) is 19.1 Å². The predicted octanol–water partition coefficient (Wildman–Crippen LogP) is 1.19. The molecule has 1 aliphatic heterocycles. The average Bonchev–Trinajstić information content (AvgIpc) is 2.72. The van der Waals surface area contributed by atoms with Crippen LogP contribution in [0.2, 0.25) is 0 Å². The third-order valence-corrected chi connectivity index (χ3v) is 2.54. The highest BCUT2D eigenvalue weighted by atomic mass is 19.4. The molecule has 0 aliphatic carbocycles. The molecule has 1 aromatic rings. The zero-order chi connectivity index (χ0) is 13.2. The number of nitrogens with zero attached hydrogens (tertiary/aromatic N) is 2. The van der Waals surface area contributed by atoms with Crippen molar-refractivity contribution in [2.75, 3.05) is 11.9 Å². The van der Waals surface area contributed by atoms with Gasteiger partial charge in [-0.15, -0.1) is 0 Å². The normalized spacial score (nSPS) is 19.7. The van der Waals surface area contributed by atoms with Crippen molar-refractivity contribution in [1.29, 1.82) is 0 Å². The van der Waals surface area contributed by atoms with Gasteiger partial charge >= 0.3 is 6.18 Å². The van der Waals surface area contributed by atoms with E-state index in [9.17, 15) is 18.0 Å². The highest BCUT2D eigenvalue weighted by Crippen LogP contribution is 2.27. The van der Waals surface area contributed by atoms with Crippen molar-refractivity contribution in [3.63, 3.8) is 0 Å². The predicted molar refractivity (Wildman–Crippen MR) is 56.7 cm³/mol. The molecule has 2 N–H and O–H groups in total. The van der Waals surface area contributed by atoms with E-state index in [0.29, 0.717) is 19.4 Å². The average molecular weight is 260 g/mol. The number of carbonyl (C=O) groups excluding carboxylic acids is 1. The molecule has 0 bridgehead atoms. The summed E-state index contributed by atoms with van der Waals surface area (Å²) in [7, 11) is 0. The zero-order valence-corrected chi connectivity index (χ0v) is 9.29. The molecule has 0 spiro atoms. The lowest BCUT2D eigenvalue weighted by Crippen LogP contribution is -2.32. The van der Waals surface area contributed by atoms with Crippen molar-refractivity contribution in [2.24, 2.45) is 0 Å². The van der Waals surface area contributed by atoms with Gasteiger partial charge in [-0.05, 0) is 12.5 Å². The number of aromatic nitrogens is 2. The van der Waals surface area contributed by atoms with Crippen molar-refractivity contribution in [3.05, 3.63) is 18.0 Å². The number of anilines is 1. The Morgan fingerprint density at radius 2 is 2.28 bits per heavy atom. The molecular formula is C10H11F3N4O. The van der Waals surface area contributed by atoms with E-state index in [0.717, 1.165) is 12.3 Å². The smallest absolute Gasteiger partial charge is 0.352 e. The van der Waals surface area contributed by atoms with Gasteiger partial charge < -0.3 is 10.6 Å². The standard InChI is InChI=1S/C10H11F3N4O/c11-10(12,13)7-3-4-14-9(17-7)15-5-6-1-2-8(18)16-6/h3-4,6H,1-2,5H2,(H,16,18)(H,14,15,17). The lowest BCUT2D eigenvalue weighted by molar-refractivity contribution is -0.141. The van der Waals surface area contributed by atoms with Crippen molar-refractivity contribution in [1.82, 2.24) is 15.3 Å². The largest absolute Gasteiger partial charge is 0.433 e. The minimum atomic E-state index is -4.49. The Labute approximate surface area is 101 Å². The molecule has 1 fully saturated rings. The molecule has 1 unspecified atom stereocenters. The maximum Gasteiger partial charge on any atom is 0.433 e. The summed E-state index contributed by atoms with van der Waals surface area (Å²) in [6.45, 7) is 0.313. The van der Waals surface area contributed by atoms with E-state index >= 15 is 0 Å². The molecule has 0 saturated carbocycles. The topological polar surface area (TPSA) is 66.9 Å². The first kappa shape index (κ1) is 12.6. The van der Waals surface area contributed by atoms with Gasteiger partial charge in [0.05, 0.1) is 0 Å².